The van der Waals surface area contributed by atoms with E-state index in [9.17, 15) is 4.79 Å². The number of carbonyl (C=O) groups is 1. The molecule has 0 aliphatic heterocycles. The van der Waals surface area contributed by atoms with Gasteiger partial charge in [0.25, 0.3) is 0 Å². The molecule has 0 unspecified atom stereocenters. The largest absolute Gasteiger partial charge is 0.292 e. The molecule has 1 heterocycles. The van der Waals surface area contributed by atoms with E-state index in [1.54, 1.807) is 6.07 Å². The SMILES string of the molecule is Cc1c2c(nc3c(Cl)c(Cl)ccc13)C(=O)CCC2. The molecule has 3 rings (SSSR count). The van der Waals surface area contributed by atoms with Gasteiger partial charge in [0, 0.05) is 11.8 Å². The van der Waals surface area contributed by atoms with Crippen LogP contribution in [0.2, 0.25) is 10.0 Å². The van der Waals surface area contributed by atoms with Crippen LogP contribution in [0.15, 0.2) is 12.1 Å². The molecule has 2 aromatic rings. The zero-order valence-electron chi connectivity index (χ0n) is 9.89. The molecule has 92 valence electrons. The van der Waals surface area contributed by atoms with Gasteiger partial charge in [-0.05, 0) is 37.0 Å². The fourth-order valence-electron chi connectivity index (χ4n) is 2.55. The van der Waals surface area contributed by atoms with Crippen molar-refractivity contribution in [3.05, 3.63) is 39.0 Å². The Morgan fingerprint density at radius 1 is 1.22 bits per heavy atom. The molecule has 2 nitrogen and oxygen atoms in total. The third-order valence-electron chi connectivity index (χ3n) is 3.53. The normalized spacial score (nSPS) is 14.9. The number of ketones is 1. The standard InChI is InChI=1S/C14H11Cl2NO/c1-7-8-3-2-4-11(18)13(8)17-14-9(7)5-6-10(15)12(14)16/h5-6H,2-4H2,1H3. The second kappa shape index (κ2) is 4.22. The number of benzene rings is 1. The van der Waals surface area contributed by atoms with Gasteiger partial charge in [-0.3, -0.25) is 4.79 Å². The highest BCUT2D eigenvalue weighted by Gasteiger charge is 2.23. The van der Waals surface area contributed by atoms with Crippen molar-refractivity contribution >= 4 is 39.9 Å². The van der Waals surface area contributed by atoms with Crippen molar-refractivity contribution in [2.75, 3.05) is 0 Å². The molecule has 4 heteroatoms. The second-order valence-corrected chi connectivity index (χ2v) is 5.38. The van der Waals surface area contributed by atoms with Crippen molar-refractivity contribution in [1.82, 2.24) is 4.98 Å². The molecule has 0 radical (unpaired) electrons. The van der Waals surface area contributed by atoms with E-state index < -0.39 is 0 Å². The van der Waals surface area contributed by atoms with Crippen LogP contribution in [0.5, 0.6) is 0 Å². The fourth-order valence-corrected chi connectivity index (χ4v) is 2.91. The lowest BCUT2D eigenvalue weighted by Gasteiger charge is -2.18. The second-order valence-electron chi connectivity index (χ2n) is 4.60. The van der Waals surface area contributed by atoms with Gasteiger partial charge in [-0.15, -0.1) is 0 Å². The van der Waals surface area contributed by atoms with E-state index in [0.29, 0.717) is 27.7 Å². The van der Waals surface area contributed by atoms with Gasteiger partial charge in [0.1, 0.15) is 5.69 Å². The van der Waals surface area contributed by atoms with Gasteiger partial charge >= 0.3 is 0 Å². The molecule has 1 aliphatic rings. The van der Waals surface area contributed by atoms with Gasteiger partial charge in [-0.2, -0.15) is 0 Å². The number of aromatic nitrogens is 1. The summed E-state index contributed by atoms with van der Waals surface area (Å²) in [5.74, 6) is 0.109. The lowest BCUT2D eigenvalue weighted by atomic mass is 9.90. The summed E-state index contributed by atoms with van der Waals surface area (Å²) in [5, 5.41) is 1.88. The lowest BCUT2D eigenvalue weighted by molar-refractivity contribution is 0.0967. The topological polar surface area (TPSA) is 30.0 Å². The predicted molar refractivity (Wildman–Crippen MR) is 73.8 cm³/mol. The quantitative estimate of drug-likeness (QED) is 0.717. The van der Waals surface area contributed by atoms with Crippen molar-refractivity contribution in [3.63, 3.8) is 0 Å². The van der Waals surface area contributed by atoms with Crippen LogP contribution < -0.4 is 0 Å². The maximum absolute atomic E-state index is 11.9. The van der Waals surface area contributed by atoms with Crippen LogP contribution in [0, 0.1) is 6.92 Å². The zero-order valence-corrected chi connectivity index (χ0v) is 11.4. The molecule has 0 spiro atoms. The van der Waals surface area contributed by atoms with Crippen molar-refractivity contribution in [2.45, 2.75) is 26.2 Å². The van der Waals surface area contributed by atoms with E-state index in [0.717, 1.165) is 29.4 Å². The number of hydrogen-bond donors (Lipinski definition) is 0. The monoisotopic (exact) mass is 279 g/mol. The summed E-state index contributed by atoms with van der Waals surface area (Å²) >= 11 is 12.2. The molecule has 0 bridgehead atoms. The average Bonchev–Trinajstić information content (AvgIpc) is 2.36. The number of nitrogens with zero attached hydrogens (tertiary/aromatic N) is 1. The Morgan fingerprint density at radius 2 is 2.00 bits per heavy atom. The first-order chi connectivity index (χ1) is 8.59. The van der Waals surface area contributed by atoms with Gasteiger partial charge in [0.05, 0.1) is 15.6 Å². The number of halogens is 2. The Balaban J connectivity index is 2.44. The third-order valence-corrected chi connectivity index (χ3v) is 4.32. The summed E-state index contributed by atoms with van der Waals surface area (Å²) in [6, 6.07) is 3.70. The highest BCUT2D eigenvalue weighted by Crippen LogP contribution is 2.35. The van der Waals surface area contributed by atoms with Gasteiger partial charge in [-0.1, -0.05) is 29.3 Å². The highest BCUT2D eigenvalue weighted by atomic mass is 35.5. The molecule has 18 heavy (non-hydrogen) atoms. The Hall–Kier alpha value is -1.12. The Labute approximate surface area is 115 Å². The molecule has 1 aliphatic carbocycles. The number of fused-ring (bicyclic) bond motifs is 2. The maximum Gasteiger partial charge on any atom is 0.181 e. The van der Waals surface area contributed by atoms with E-state index in [4.69, 9.17) is 23.2 Å². The van der Waals surface area contributed by atoms with Crippen LogP contribution in [-0.2, 0) is 6.42 Å². The maximum atomic E-state index is 11.9. The number of rotatable bonds is 0. The van der Waals surface area contributed by atoms with Crippen molar-refractivity contribution < 1.29 is 4.79 Å². The van der Waals surface area contributed by atoms with E-state index in [1.165, 1.54) is 0 Å². The average molecular weight is 280 g/mol. The zero-order chi connectivity index (χ0) is 12.9. The third kappa shape index (κ3) is 1.63. The molecule has 0 saturated carbocycles. The number of pyridine rings is 1. The molecular formula is C14H11Cl2NO. The van der Waals surface area contributed by atoms with E-state index in [1.807, 2.05) is 13.0 Å². The number of hydrogen-bond acceptors (Lipinski definition) is 2. The van der Waals surface area contributed by atoms with Crippen LogP contribution in [-0.4, -0.2) is 10.8 Å². The summed E-state index contributed by atoms with van der Waals surface area (Å²) in [6.45, 7) is 2.02. The number of carbonyl (C=O) groups excluding carboxylic acids is 1. The summed E-state index contributed by atoms with van der Waals surface area (Å²) in [5.41, 5.74) is 3.38. The van der Waals surface area contributed by atoms with Gasteiger partial charge < -0.3 is 0 Å². The summed E-state index contributed by atoms with van der Waals surface area (Å²) in [6.07, 6.45) is 2.39. The lowest BCUT2D eigenvalue weighted by Crippen LogP contribution is -2.15. The van der Waals surface area contributed by atoms with E-state index in [2.05, 4.69) is 4.98 Å². The first-order valence-electron chi connectivity index (χ1n) is 5.90. The molecule has 1 aromatic carbocycles. The first-order valence-corrected chi connectivity index (χ1v) is 6.65. The van der Waals surface area contributed by atoms with Crippen LogP contribution in [0.25, 0.3) is 10.9 Å². The van der Waals surface area contributed by atoms with Crippen molar-refractivity contribution in [2.24, 2.45) is 0 Å². The van der Waals surface area contributed by atoms with E-state index >= 15 is 0 Å². The minimum absolute atomic E-state index is 0.109. The summed E-state index contributed by atoms with van der Waals surface area (Å²) in [4.78, 5) is 16.4. The molecule has 1 aromatic heterocycles. The highest BCUT2D eigenvalue weighted by molar-refractivity contribution is 6.45. The molecular weight excluding hydrogens is 269 g/mol. The fraction of sp³-hybridized carbons (Fsp3) is 0.286. The molecule has 0 N–H and O–H groups in total. The number of aryl methyl sites for hydroxylation is 1. The van der Waals surface area contributed by atoms with Crippen LogP contribution in [0.1, 0.15) is 34.5 Å². The Morgan fingerprint density at radius 3 is 2.78 bits per heavy atom. The Kier molecular flexibility index (Phi) is 2.80. The van der Waals surface area contributed by atoms with Gasteiger partial charge in [0.15, 0.2) is 5.78 Å². The molecule has 0 atom stereocenters. The Bertz CT molecular complexity index is 679. The molecule has 0 saturated heterocycles. The molecule has 0 fully saturated rings. The predicted octanol–water partition coefficient (Wildman–Crippen LogP) is 4.37. The minimum Gasteiger partial charge on any atom is -0.292 e. The van der Waals surface area contributed by atoms with E-state index in [-0.39, 0.29) is 5.78 Å². The smallest absolute Gasteiger partial charge is 0.181 e. The summed E-state index contributed by atoms with van der Waals surface area (Å²) < 4.78 is 0. The van der Waals surface area contributed by atoms with Crippen LogP contribution >= 0.6 is 23.2 Å². The van der Waals surface area contributed by atoms with Crippen LogP contribution in [0.3, 0.4) is 0 Å². The van der Waals surface area contributed by atoms with Gasteiger partial charge in [0.2, 0.25) is 0 Å². The molecule has 0 amide bonds. The number of Topliss-reactive ketones (excluding diaryl/α,β-unsaturated/α-hetero) is 1. The van der Waals surface area contributed by atoms with Crippen molar-refractivity contribution in [1.29, 1.82) is 0 Å². The minimum atomic E-state index is 0.109. The van der Waals surface area contributed by atoms with Crippen molar-refractivity contribution in [3.8, 4) is 0 Å². The van der Waals surface area contributed by atoms with Gasteiger partial charge in [-0.25, -0.2) is 4.98 Å². The first kappa shape index (κ1) is 11.9. The summed E-state index contributed by atoms with van der Waals surface area (Å²) in [7, 11) is 0. The van der Waals surface area contributed by atoms with Crippen LogP contribution in [0.4, 0.5) is 0 Å².